The molecule has 0 bridgehead atoms. The summed E-state index contributed by atoms with van der Waals surface area (Å²) in [5, 5.41) is 3.01. The second-order valence-corrected chi connectivity index (χ2v) is 7.98. The van der Waals surface area contributed by atoms with E-state index >= 15 is 0 Å². The topological polar surface area (TPSA) is 32.3 Å². The Morgan fingerprint density at radius 1 is 1.19 bits per heavy atom. The Labute approximate surface area is 157 Å². The van der Waals surface area contributed by atoms with Crippen molar-refractivity contribution in [1.82, 2.24) is 0 Å². The van der Waals surface area contributed by atoms with Crippen LogP contribution in [0.1, 0.15) is 57.6 Å². The molecule has 0 saturated carbocycles. The van der Waals surface area contributed by atoms with Crippen LogP contribution in [0.2, 0.25) is 0 Å². The molecule has 3 heteroatoms. The third-order valence-corrected chi connectivity index (χ3v) is 5.46. The SMILES string of the molecule is CCC(=O)Nc1ccc2c(c1)N(CCc1ccccc1)C(C)(C)CC2C. The Hall–Kier alpha value is -2.29. The Kier molecular flexibility index (Phi) is 5.36. The van der Waals surface area contributed by atoms with Crippen LogP contribution in [0.3, 0.4) is 0 Å². The molecular weight excluding hydrogens is 320 g/mol. The lowest BCUT2D eigenvalue weighted by molar-refractivity contribution is -0.115. The molecule has 0 saturated heterocycles. The lowest BCUT2D eigenvalue weighted by atomic mass is 9.79. The number of hydrogen-bond donors (Lipinski definition) is 1. The van der Waals surface area contributed by atoms with Crippen molar-refractivity contribution in [3.8, 4) is 0 Å². The van der Waals surface area contributed by atoms with Gasteiger partial charge in [0, 0.05) is 29.9 Å². The van der Waals surface area contributed by atoms with Gasteiger partial charge >= 0.3 is 0 Å². The number of fused-ring (bicyclic) bond motifs is 1. The van der Waals surface area contributed by atoms with Crippen molar-refractivity contribution in [2.45, 2.75) is 58.4 Å². The highest BCUT2D eigenvalue weighted by atomic mass is 16.1. The maximum Gasteiger partial charge on any atom is 0.224 e. The van der Waals surface area contributed by atoms with Crippen molar-refractivity contribution in [3.05, 3.63) is 59.7 Å². The van der Waals surface area contributed by atoms with Crippen molar-refractivity contribution in [1.29, 1.82) is 0 Å². The van der Waals surface area contributed by atoms with Gasteiger partial charge < -0.3 is 10.2 Å². The van der Waals surface area contributed by atoms with Gasteiger partial charge in [-0.05, 0) is 55.9 Å². The molecule has 0 fully saturated rings. The predicted octanol–water partition coefficient (Wildman–Crippen LogP) is 5.37. The lowest BCUT2D eigenvalue weighted by Crippen LogP contribution is -2.49. The number of carbonyl (C=O) groups is 1. The normalized spacial score (nSPS) is 18.3. The van der Waals surface area contributed by atoms with Crippen LogP contribution in [0.25, 0.3) is 0 Å². The zero-order valence-electron chi connectivity index (χ0n) is 16.4. The van der Waals surface area contributed by atoms with Crippen molar-refractivity contribution < 1.29 is 4.79 Å². The number of benzene rings is 2. The van der Waals surface area contributed by atoms with E-state index in [9.17, 15) is 4.79 Å². The van der Waals surface area contributed by atoms with Gasteiger partial charge in [-0.15, -0.1) is 0 Å². The van der Waals surface area contributed by atoms with Gasteiger partial charge in [-0.25, -0.2) is 0 Å². The molecule has 1 aliphatic heterocycles. The van der Waals surface area contributed by atoms with Crippen LogP contribution >= 0.6 is 0 Å². The summed E-state index contributed by atoms with van der Waals surface area (Å²) >= 11 is 0. The van der Waals surface area contributed by atoms with Gasteiger partial charge in [0.05, 0.1) is 0 Å². The average Bonchev–Trinajstić information content (AvgIpc) is 2.61. The highest BCUT2D eigenvalue weighted by Crippen LogP contribution is 2.44. The first kappa shape index (κ1) is 18.5. The van der Waals surface area contributed by atoms with Crippen LogP contribution < -0.4 is 10.2 Å². The Balaban J connectivity index is 1.91. The summed E-state index contributed by atoms with van der Waals surface area (Å²) in [6, 6.07) is 17.0. The fourth-order valence-electron chi connectivity index (χ4n) is 4.13. The monoisotopic (exact) mass is 350 g/mol. The highest BCUT2D eigenvalue weighted by Gasteiger charge is 2.36. The molecule has 0 aliphatic carbocycles. The molecule has 1 N–H and O–H groups in total. The minimum atomic E-state index is 0.0592. The molecule has 2 aromatic carbocycles. The van der Waals surface area contributed by atoms with E-state index in [1.165, 1.54) is 16.8 Å². The van der Waals surface area contributed by atoms with Gasteiger partial charge in [-0.3, -0.25) is 4.79 Å². The standard InChI is InChI=1S/C23H30N2O/c1-5-22(26)24-19-11-12-20-17(2)16-23(3,4)25(21(20)15-19)14-13-18-9-7-6-8-10-18/h6-12,15,17H,5,13-14,16H2,1-4H3,(H,24,26). The van der Waals surface area contributed by atoms with E-state index in [0.717, 1.165) is 25.1 Å². The fourth-order valence-corrected chi connectivity index (χ4v) is 4.13. The third kappa shape index (κ3) is 3.92. The van der Waals surface area contributed by atoms with Crippen LogP contribution in [-0.2, 0) is 11.2 Å². The Morgan fingerprint density at radius 3 is 2.62 bits per heavy atom. The van der Waals surface area contributed by atoms with Crippen LogP contribution in [0.15, 0.2) is 48.5 Å². The first-order valence-corrected chi connectivity index (χ1v) is 9.66. The summed E-state index contributed by atoms with van der Waals surface area (Å²) < 4.78 is 0. The maximum absolute atomic E-state index is 11.8. The molecule has 0 spiro atoms. The lowest BCUT2D eigenvalue weighted by Gasteiger charge is -2.48. The molecule has 3 nitrogen and oxygen atoms in total. The molecule has 2 aromatic rings. The number of hydrogen-bond acceptors (Lipinski definition) is 2. The van der Waals surface area contributed by atoms with Gasteiger partial charge in [-0.1, -0.05) is 50.2 Å². The number of nitrogens with zero attached hydrogens (tertiary/aromatic N) is 1. The summed E-state index contributed by atoms with van der Waals surface area (Å²) in [6.45, 7) is 9.82. The van der Waals surface area contributed by atoms with Gasteiger partial charge in [0.2, 0.25) is 5.91 Å². The van der Waals surface area contributed by atoms with Gasteiger partial charge in [0.25, 0.3) is 0 Å². The van der Waals surface area contributed by atoms with E-state index in [1.54, 1.807) is 0 Å². The van der Waals surface area contributed by atoms with Crippen LogP contribution in [0.4, 0.5) is 11.4 Å². The number of rotatable bonds is 5. The van der Waals surface area contributed by atoms with E-state index in [2.05, 4.69) is 73.5 Å². The molecule has 1 atom stereocenters. The third-order valence-electron chi connectivity index (χ3n) is 5.46. The summed E-state index contributed by atoms with van der Waals surface area (Å²) in [6.07, 6.45) is 2.65. The number of carbonyl (C=O) groups excluding carboxylic acids is 1. The largest absolute Gasteiger partial charge is 0.366 e. The minimum Gasteiger partial charge on any atom is -0.366 e. The van der Waals surface area contributed by atoms with E-state index in [0.29, 0.717) is 12.3 Å². The first-order valence-electron chi connectivity index (χ1n) is 9.66. The van der Waals surface area contributed by atoms with Crippen LogP contribution in [-0.4, -0.2) is 18.0 Å². The van der Waals surface area contributed by atoms with E-state index < -0.39 is 0 Å². The molecule has 0 aromatic heterocycles. The van der Waals surface area contributed by atoms with Gasteiger partial charge in [0.1, 0.15) is 0 Å². The quantitative estimate of drug-likeness (QED) is 0.786. The fraction of sp³-hybridized carbons (Fsp3) is 0.435. The zero-order chi connectivity index (χ0) is 18.7. The summed E-state index contributed by atoms with van der Waals surface area (Å²) in [7, 11) is 0. The van der Waals surface area contributed by atoms with Gasteiger partial charge in [0.15, 0.2) is 0 Å². The molecule has 3 rings (SSSR count). The van der Waals surface area contributed by atoms with Crippen molar-refractivity contribution in [2.75, 3.05) is 16.8 Å². The second kappa shape index (κ2) is 7.53. The number of amides is 1. The molecule has 0 radical (unpaired) electrons. The van der Waals surface area contributed by atoms with Crippen molar-refractivity contribution >= 4 is 17.3 Å². The van der Waals surface area contributed by atoms with E-state index in [1.807, 2.05) is 13.0 Å². The van der Waals surface area contributed by atoms with E-state index in [4.69, 9.17) is 0 Å². The Morgan fingerprint density at radius 2 is 1.92 bits per heavy atom. The van der Waals surface area contributed by atoms with E-state index in [-0.39, 0.29) is 11.4 Å². The molecule has 1 aliphatic rings. The summed E-state index contributed by atoms with van der Waals surface area (Å²) in [5.41, 5.74) is 4.99. The van der Waals surface area contributed by atoms with Crippen LogP contribution in [0, 0.1) is 0 Å². The smallest absolute Gasteiger partial charge is 0.224 e. The first-order chi connectivity index (χ1) is 12.4. The maximum atomic E-state index is 11.8. The summed E-state index contributed by atoms with van der Waals surface area (Å²) in [5.74, 6) is 0.577. The van der Waals surface area contributed by atoms with Crippen LogP contribution in [0.5, 0.6) is 0 Å². The molecule has 138 valence electrons. The summed E-state index contributed by atoms with van der Waals surface area (Å²) in [4.78, 5) is 14.3. The molecule has 1 heterocycles. The predicted molar refractivity (Wildman–Crippen MR) is 110 cm³/mol. The second-order valence-electron chi connectivity index (χ2n) is 7.98. The molecular formula is C23H30N2O. The van der Waals surface area contributed by atoms with Crippen molar-refractivity contribution in [2.24, 2.45) is 0 Å². The zero-order valence-corrected chi connectivity index (χ0v) is 16.4. The van der Waals surface area contributed by atoms with Crippen molar-refractivity contribution in [3.63, 3.8) is 0 Å². The minimum absolute atomic E-state index is 0.0592. The van der Waals surface area contributed by atoms with Gasteiger partial charge in [-0.2, -0.15) is 0 Å². The average molecular weight is 351 g/mol. The molecule has 1 amide bonds. The highest BCUT2D eigenvalue weighted by molar-refractivity contribution is 5.91. The Bertz CT molecular complexity index is 767. The molecule has 1 unspecified atom stereocenters. The number of nitrogens with one attached hydrogen (secondary N) is 1. The number of anilines is 2. The molecule has 26 heavy (non-hydrogen) atoms.